The van der Waals surface area contributed by atoms with Crippen molar-refractivity contribution in [3.05, 3.63) is 47.2 Å². The molecule has 9 nitrogen and oxygen atoms in total. The summed E-state index contributed by atoms with van der Waals surface area (Å²) in [5, 5.41) is 2.43. The number of aryl methyl sites for hydroxylation is 1. The van der Waals surface area contributed by atoms with Crippen LogP contribution in [0.4, 0.5) is 0 Å². The number of oxazole rings is 1. The molecule has 8 rings (SSSR count). The third kappa shape index (κ3) is 3.10. The van der Waals surface area contributed by atoms with Crippen LogP contribution in [-0.2, 0) is 16.1 Å². The molecule has 0 spiro atoms. The fourth-order valence-corrected chi connectivity index (χ4v) is 6.65. The topological polar surface area (TPSA) is 105 Å². The lowest BCUT2D eigenvalue weighted by molar-refractivity contribution is -0.160. The summed E-state index contributed by atoms with van der Waals surface area (Å²) in [7, 11) is 0. The van der Waals surface area contributed by atoms with Gasteiger partial charge in [-0.05, 0) is 62.8 Å². The first kappa shape index (κ1) is 21.1. The van der Waals surface area contributed by atoms with Crippen molar-refractivity contribution >= 4 is 17.7 Å². The molecule has 2 bridgehead atoms. The molecule has 5 heterocycles. The van der Waals surface area contributed by atoms with Crippen LogP contribution in [0.3, 0.4) is 0 Å². The van der Waals surface area contributed by atoms with E-state index in [1.54, 1.807) is 11.1 Å². The summed E-state index contributed by atoms with van der Waals surface area (Å²) in [6.45, 7) is 4.17. The number of piperidine rings is 2. The molecule has 2 aliphatic carbocycles. The zero-order chi connectivity index (χ0) is 23.9. The first-order chi connectivity index (χ1) is 16.9. The van der Waals surface area contributed by atoms with Crippen LogP contribution in [-0.4, -0.2) is 63.3 Å². The second-order valence-corrected chi connectivity index (χ2v) is 10.8. The van der Waals surface area contributed by atoms with E-state index >= 15 is 0 Å². The number of fused-ring (bicyclic) bond motifs is 3. The number of aromatic nitrogens is 1. The largest absolute Gasteiger partial charge is 0.489 e. The van der Waals surface area contributed by atoms with E-state index < -0.39 is 5.54 Å². The van der Waals surface area contributed by atoms with Crippen LogP contribution >= 0.6 is 0 Å². The maximum atomic E-state index is 13.1. The van der Waals surface area contributed by atoms with E-state index in [2.05, 4.69) is 15.2 Å². The van der Waals surface area contributed by atoms with E-state index in [1.807, 2.05) is 25.1 Å². The van der Waals surface area contributed by atoms with Crippen LogP contribution in [0, 0.1) is 12.8 Å². The summed E-state index contributed by atoms with van der Waals surface area (Å²) in [5.41, 5.74) is 0.615. The number of amides is 3. The molecule has 2 atom stereocenters. The lowest BCUT2D eigenvalue weighted by Gasteiger charge is -2.53. The van der Waals surface area contributed by atoms with Crippen LogP contribution in [0.2, 0.25) is 0 Å². The van der Waals surface area contributed by atoms with Gasteiger partial charge in [-0.15, -0.1) is 0 Å². The summed E-state index contributed by atoms with van der Waals surface area (Å²) in [6.07, 6.45) is 5.98. The minimum Gasteiger partial charge on any atom is -0.489 e. The van der Waals surface area contributed by atoms with Gasteiger partial charge in [-0.3, -0.25) is 24.6 Å². The molecule has 1 unspecified atom stereocenters. The van der Waals surface area contributed by atoms with Gasteiger partial charge in [0.1, 0.15) is 23.2 Å². The number of rotatable bonds is 5. The molecular weight excluding hydrogens is 448 g/mol. The molecule has 3 saturated heterocycles. The van der Waals surface area contributed by atoms with Gasteiger partial charge in [0.25, 0.3) is 11.8 Å². The zero-order valence-electron chi connectivity index (χ0n) is 19.7. The predicted molar refractivity (Wildman–Crippen MR) is 123 cm³/mol. The van der Waals surface area contributed by atoms with Gasteiger partial charge in [0.15, 0.2) is 5.89 Å². The second-order valence-electron chi connectivity index (χ2n) is 10.8. The standard InChI is InChI=1S/C26H28N4O5/c1-14-10-27-23(34-14)17-11-29(12-17)20-3-2-4-21(20)35-18-5-6-19-15(7-18)13-30(24(19)32)26-8-16(9-26)22(31)28-25(26)33/h5-7,10,16-17,20-21H,2-4,8-9,11-13H2,1H3,(H,28,31,33)/t16?,20?,21-,26?/m0/s1. The summed E-state index contributed by atoms with van der Waals surface area (Å²) < 4.78 is 12.2. The molecule has 3 amide bonds. The Morgan fingerprint density at radius 2 is 1.97 bits per heavy atom. The first-order valence-corrected chi connectivity index (χ1v) is 12.5. The van der Waals surface area contributed by atoms with Crippen molar-refractivity contribution in [3.8, 4) is 5.75 Å². The van der Waals surface area contributed by atoms with E-state index in [0.29, 0.717) is 36.9 Å². The fourth-order valence-electron chi connectivity index (χ4n) is 6.65. The van der Waals surface area contributed by atoms with Crippen LogP contribution < -0.4 is 10.1 Å². The highest BCUT2D eigenvalue weighted by Gasteiger charge is 2.63. The molecule has 2 saturated carbocycles. The average Bonchev–Trinajstić information content (AvgIpc) is 3.47. The lowest BCUT2D eigenvalue weighted by atomic mass is 9.63. The number of nitrogens with zero attached hydrogens (tertiary/aromatic N) is 3. The van der Waals surface area contributed by atoms with Crippen molar-refractivity contribution in [2.24, 2.45) is 5.92 Å². The molecule has 2 aromatic rings. The van der Waals surface area contributed by atoms with E-state index in [-0.39, 0.29) is 29.7 Å². The van der Waals surface area contributed by atoms with Crippen LogP contribution in [0.25, 0.3) is 0 Å². The molecule has 9 heteroatoms. The van der Waals surface area contributed by atoms with Gasteiger partial charge < -0.3 is 14.1 Å². The molecule has 5 fully saturated rings. The van der Waals surface area contributed by atoms with Gasteiger partial charge in [0.05, 0.1) is 12.1 Å². The second kappa shape index (κ2) is 7.40. The fraction of sp³-hybridized carbons (Fsp3) is 0.538. The molecule has 1 aromatic carbocycles. The molecule has 4 aliphatic heterocycles. The Bertz CT molecular complexity index is 1240. The van der Waals surface area contributed by atoms with Gasteiger partial charge in [0.2, 0.25) is 5.91 Å². The van der Waals surface area contributed by atoms with Crippen LogP contribution in [0.15, 0.2) is 28.8 Å². The predicted octanol–water partition coefficient (Wildman–Crippen LogP) is 2.14. The molecule has 6 aliphatic rings. The molecule has 1 aromatic heterocycles. The van der Waals surface area contributed by atoms with Crippen molar-refractivity contribution in [1.29, 1.82) is 0 Å². The number of ether oxygens (including phenoxy) is 1. The van der Waals surface area contributed by atoms with Gasteiger partial charge in [-0.25, -0.2) is 4.98 Å². The molecule has 0 radical (unpaired) electrons. The van der Waals surface area contributed by atoms with Crippen molar-refractivity contribution in [2.45, 2.75) is 69.2 Å². The van der Waals surface area contributed by atoms with Crippen molar-refractivity contribution in [3.63, 3.8) is 0 Å². The molecule has 182 valence electrons. The molecule has 35 heavy (non-hydrogen) atoms. The monoisotopic (exact) mass is 476 g/mol. The number of nitrogens with one attached hydrogen (secondary N) is 1. The maximum Gasteiger partial charge on any atom is 0.255 e. The van der Waals surface area contributed by atoms with Gasteiger partial charge in [-0.1, -0.05) is 0 Å². The molecule has 1 N–H and O–H groups in total. The van der Waals surface area contributed by atoms with E-state index in [4.69, 9.17) is 9.15 Å². The Labute approximate surface area is 202 Å². The van der Waals surface area contributed by atoms with Crippen molar-refractivity contribution < 1.29 is 23.5 Å². The Morgan fingerprint density at radius 3 is 2.71 bits per heavy atom. The summed E-state index contributed by atoms with van der Waals surface area (Å²) in [5.74, 6) is 1.93. The number of carbonyl (C=O) groups excluding carboxylic acids is 3. The number of hydrogen-bond acceptors (Lipinski definition) is 7. The van der Waals surface area contributed by atoms with Gasteiger partial charge in [-0.2, -0.15) is 0 Å². The minimum absolute atomic E-state index is 0.106. The first-order valence-electron chi connectivity index (χ1n) is 12.5. The number of carbonyl (C=O) groups is 3. The Morgan fingerprint density at radius 1 is 1.14 bits per heavy atom. The number of benzene rings is 1. The van der Waals surface area contributed by atoms with E-state index in [1.165, 1.54) is 0 Å². The van der Waals surface area contributed by atoms with Crippen molar-refractivity contribution in [2.75, 3.05) is 13.1 Å². The summed E-state index contributed by atoms with van der Waals surface area (Å²) in [4.78, 5) is 46.1. The highest BCUT2D eigenvalue weighted by molar-refractivity contribution is 6.10. The lowest BCUT2D eigenvalue weighted by Crippen LogP contribution is -2.73. The van der Waals surface area contributed by atoms with Crippen LogP contribution in [0.5, 0.6) is 5.75 Å². The highest BCUT2D eigenvalue weighted by Crippen LogP contribution is 2.49. The average molecular weight is 477 g/mol. The summed E-state index contributed by atoms with van der Waals surface area (Å²) >= 11 is 0. The Kier molecular flexibility index (Phi) is 4.46. The zero-order valence-corrected chi connectivity index (χ0v) is 19.7. The van der Waals surface area contributed by atoms with E-state index in [9.17, 15) is 14.4 Å². The third-order valence-electron chi connectivity index (χ3n) is 8.67. The quantitative estimate of drug-likeness (QED) is 0.660. The van der Waals surface area contributed by atoms with Gasteiger partial charge in [0, 0.05) is 37.2 Å². The summed E-state index contributed by atoms with van der Waals surface area (Å²) in [6, 6.07) is 6.01. The third-order valence-corrected chi connectivity index (χ3v) is 8.67. The number of imide groups is 1. The Balaban J connectivity index is 1.03. The molecular formula is C26H28N4O5. The normalized spacial score (nSPS) is 32.3. The smallest absolute Gasteiger partial charge is 0.255 e. The van der Waals surface area contributed by atoms with Crippen molar-refractivity contribution in [1.82, 2.24) is 20.1 Å². The van der Waals surface area contributed by atoms with Crippen LogP contribution in [0.1, 0.15) is 65.6 Å². The minimum atomic E-state index is -0.887. The number of likely N-dealkylation sites (tertiary alicyclic amines) is 1. The number of hydrogen-bond donors (Lipinski definition) is 1. The Hall–Kier alpha value is -3.20. The SMILES string of the molecule is Cc1cnc(C2CN(C3CCC[C@@H]3Oc3ccc4c(c3)CN(C35CC(C3)C(=O)NC5=O)C4=O)C2)o1. The maximum absolute atomic E-state index is 13.1. The highest BCUT2D eigenvalue weighted by atomic mass is 16.5. The van der Waals surface area contributed by atoms with Gasteiger partial charge >= 0.3 is 0 Å². The van der Waals surface area contributed by atoms with E-state index in [0.717, 1.165) is 55.3 Å².